The summed E-state index contributed by atoms with van der Waals surface area (Å²) in [4.78, 5) is 3.62. The minimum Gasteiger partial charge on any atom is -0.325 e. The van der Waals surface area contributed by atoms with Gasteiger partial charge in [-0.15, -0.1) is 0 Å². The molecule has 1 heterocycles. The summed E-state index contributed by atoms with van der Waals surface area (Å²) >= 11 is 0. The summed E-state index contributed by atoms with van der Waals surface area (Å²) in [7, 11) is 0. The number of aryl methyl sites for hydroxylation is 1. The molecule has 1 aliphatic heterocycles. The van der Waals surface area contributed by atoms with Crippen molar-refractivity contribution in [3.8, 4) is 0 Å². The minimum atomic E-state index is 0.948. The highest BCUT2D eigenvalue weighted by atomic mass is 15.3. The normalized spacial score (nSPS) is 29.5. The van der Waals surface area contributed by atoms with E-state index in [2.05, 4.69) is 43.3 Å². The molecule has 1 aliphatic carbocycles. The first-order valence-corrected chi connectivity index (χ1v) is 8.67. The highest BCUT2D eigenvalue weighted by Gasteiger charge is 2.25. The summed E-state index contributed by atoms with van der Waals surface area (Å²) < 4.78 is 0. The zero-order valence-corrected chi connectivity index (χ0v) is 13.4. The van der Waals surface area contributed by atoms with E-state index in [0.29, 0.717) is 0 Å². The second-order valence-corrected chi connectivity index (χ2v) is 7.02. The molecule has 21 heavy (non-hydrogen) atoms. The van der Waals surface area contributed by atoms with Crippen molar-refractivity contribution in [2.75, 3.05) is 32.7 Å². The highest BCUT2D eigenvalue weighted by molar-refractivity contribution is 5.21. The molecule has 1 fully saturated rings. The number of nitrogens with one attached hydrogen (secondary N) is 2. The Hall–Kier alpha value is -1.12. The molecule has 0 spiro atoms. The molecule has 1 saturated heterocycles. The smallest absolute Gasteiger partial charge is 0.127 e. The predicted octanol–water partition coefficient (Wildman–Crippen LogP) is 0.635. The first-order valence-electron chi connectivity index (χ1n) is 8.67. The molecular weight excluding hydrogens is 256 g/mol. The third-order valence-electron chi connectivity index (χ3n) is 5.16. The number of quaternary nitrogens is 2. The third-order valence-corrected chi connectivity index (χ3v) is 5.16. The summed E-state index contributed by atoms with van der Waals surface area (Å²) in [5, 5.41) is 0. The molecule has 1 aromatic carbocycles. The minimum absolute atomic E-state index is 0.948. The molecule has 0 radical (unpaired) electrons. The van der Waals surface area contributed by atoms with Crippen molar-refractivity contribution in [3.63, 3.8) is 0 Å². The number of hydrogen-bond donors (Lipinski definition) is 2. The van der Waals surface area contributed by atoms with E-state index in [9.17, 15) is 0 Å². The predicted molar refractivity (Wildman–Crippen MR) is 87.6 cm³/mol. The zero-order chi connectivity index (χ0) is 14.5. The van der Waals surface area contributed by atoms with Crippen molar-refractivity contribution in [1.29, 1.82) is 0 Å². The van der Waals surface area contributed by atoms with Crippen LogP contribution in [-0.2, 0) is 6.54 Å². The molecule has 1 aromatic rings. The maximum absolute atomic E-state index is 2.40. The summed E-state index contributed by atoms with van der Waals surface area (Å²) in [5.41, 5.74) is 2.90. The average molecular weight is 286 g/mol. The standard InChI is InChI=1S/C19H28N2/c1-17-6-5-9-19(14-17)16-21-12-10-20(11-13-21)15-18-7-3-2-4-8-18/h2-3,5-6,9,14,18H,4,7-8,10-13,15-16H2,1H3/p+2. The fourth-order valence-electron chi connectivity index (χ4n) is 3.90. The SMILES string of the molecule is Cc1cccc(C[NH+]2CC[NH+](CC3CC=CCC3)CC2)c1. The van der Waals surface area contributed by atoms with Crippen LogP contribution >= 0.6 is 0 Å². The Balaban J connectivity index is 1.43. The van der Waals surface area contributed by atoms with Crippen molar-refractivity contribution < 1.29 is 9.80 Å². The van der Waals surface area contributed by atoms with Crippen LogP contribution in [0, 0.1) is 12.8 Å². The van der Waals surface area contributed by atoms with Gasteiger partial charge in [-0.3, -0.25) is 0 Å². The quantitative estimate of drug-likeness (QED) is 0.752. The Morgan fingerprint density at radius 1 is 1.05 bits per heavy atom. The number of rotatable bonds is 4. The molecule has 114 valence electrons. The molecule has 3 rings (SSSR count). The fourth-order valence-corrected chi connectivity index (χ4v) is 3.90. The summed E-state index contributed by atoms with van der Waals surface area (Å²) in [6.07, 6.45) is 8.80. The van der Waals surface area contributed by atoms with Crippen molar-refractivity contribution >= 4 is 0 Å². The summed E-state index contributed by atoms with van der Waals surface area (Å²) in [6.45, 7) is 10.2. The van der Waals surface area contributed by atoms with Gasteiger partial charge in [0.05, 0.1) is 6.54 Å². The maximum Gasteiger partial charge on any atom is 0.127 e. The van der Waals surface area contributed by atoms with Gasteiger partial charge in [0.25, 0.3) is 0 Å². The molecule has 2 nitrogen and oxygen atoms in total. The van der Waals surface area contributed by atoms with Crippen molar-refractivity contribution in [2.24, 2.45) is 5.92 Å². The second kappa shape index (κ2) is 7.24. The lowest BCUT2D eigenvalue weighted by atomic mass is 9.94. The van der Waals surface area contributed by atoms with Gasteiger partial charge >= 0.3 is 0 Å². The second-order valence-electron chi connectivity index (χ2n) is 7.02. The molecule has 0 bridgehead atoms. The van der Waals surface area contributed by atoms with E-state index >= 15 is 0 Å². The number of hydrogen-bond acceptors (Lipinski definition) is 0. The Morgan fingerprint density at radius 2 is 1.86 bits per heavy atom. The molecular formula is C19H30N2+2. The van der Waals surface area contributed by atoms with Gasteiger partial charge < -0.3 is 9.80 Å². The largest absolute Gasteiger partial charge is 0.325 e. The molecule has 0 aromatic heterocycles. The van der Waals surface area contributed by atoms with Crippen LogP contribution in [-0.4, -0.2) is 32.7 Å². The first-order chi connectivity index (χ1) is 10.3. The summed E-state index contributed by atoms with van der Waals surface area (Å²) in [6, 6.07) is 9.02. The van der Waals surface area contributed by atoms with Crippen LogP contribution in [0.4, 0.5) is 0 Å². The van der Waals surface area contributed by atoms with Gasteiger partial charge in [-0.25, -0.2) is 0 Å². The lowest BCUT2D eigenvalue weighted by molar-refractivity contribution is -1.02. The molecule has 1 atom stereocenters. The van der Waals surface area contributed by atoms with E-state index in [4.69, 9.17) is 0 Å². The van der Waals surface area contributed by atoms with Gasteiger partial charge in [-0.2, -0.15) is 0 Å². The van der Waals surface area contributed by atoms with E-state index in [1.807, 2.05) is 4.90 Å². The van der Waals surface area contributed by atoms with Gasteiger partial charge in [0.15, 0.2) is 0 Å². The van der Waals surface area contributed by atoms with Crippen LogP contribution < -0.4 is 9.80 Å². The molecule has 0 amide bonds. The van der Waals surface area contributed by atoms with Gasteiger partial charge in [0.1, 0.15) is 32.7 Å². The molecule has 2 heteroatoms. The molecule has 1 unspecified atom stereocenters. The van der Waals surface area contributed by atoms with Crippen LogP contribution in [0.15, 0.2) is 36.4 Å². The summed E-state index contributed by atoms with van der Waals surface area (Å²) in [5.74, 6) is 0.948. The van der Waals surface area contributed by atoms with Gasteiger partial charge in [-0.05, 0) is 26.2 Å². The Kier molecular flexibility index (Phi) is 5.10. The van der Waals surface area contributed by atoms with Crippen LogP contribution in [0.1, 0.15) is 30.4 Å². The van der Waals surface area contributed by atoms with E-state index in [1.54, 1.807) is 4.90 Å². The first kappa shape index (κ1) is 14.8. The molecule has 2 N–H and O–H groups in total. The van der Waals surface area contributed by atoms with Crippen molar-refractivity contribution in [1.82, 2.24) is 0 Å². The van der Waals surface area contributed by atoms with Gasteiger partial charge in [0.2, 0.25) is 0 Å². The Labute approximate surface area is 129 Å². The Bertz CT molecular complexity index is 472. The monoisotopic (exact) mass is 286 g/mol. The molecule has 2 aliphatic rings. The Morgan fingerprint density at radius 3 is 2.57 bits per heavy atom. The average Bonchev–Trinajstić information content (AvgIpc) is 2.50. The zero-order valence-electron chi connectivity index (χ0n) is 13.4. The van der Waals surface area contributed by atoms with E-state index in [-0.39, 0.29) is 0 Å². The van der Waals surface area contributed by atoms with Crippen LogP contribution in [0.5, 0.6) is 0 Å². The topological polar surface area (TPSA) is 8.88 Å². The number of benzene rings is 1. The van der Waals surface area contributed by atoms with Crippen LogP contribution in [0.2, 0.25) is 0 Å². The number of piperazine rings is 1. The molecule has 0 saturated carbocycles. The lowest BCUT2D eigenvalue weighted by Gasteiger charge is -2.32. The van der Waals surface area contributed by atoms with Crippen LogP contribution in [0.25, 0.3) is 0 Å². The van der Waals surface area contributed by atoms with Crippen LogP contribution in [0.3, 0.4) is 0 Å². The maximum atomic E-state index is 2.40. The van der Waals surface area contributed by atoms with E-state index in [1.165, 1.54) is 69.7 Å². The lowest BCUT2D eigenvalue weighted by Crippen LogP contribution is -3.27. The number of allylic oxidation sites excluding steroid dienone is 2. The van der Waals surface area contributed by atoms with Crippen molar-refractivity contribution in [2.45, 2.75) is 32.7 Å². The van der Waals surface area contributed by atoms with E-state index < -0.39 is 0 Å². The third kappa shape index (κ3) is 4.42. The highest BCUT2D eigenvalue weighted by Crippen LogP contribution is 2.15. The fraction of sp³-hybridized carbons (Fsp3) is 0.579. The van der Waals surface area contributed by atoms with Gasteiger partial charge in [0, 0.05) is 11.5 Å². The van der Waals surface area contributed by atoms with Crippen molar-refractivity contribution in [3.05, 3.63) is 47.5 Å². The van der Waals surface area contributed by atoms with E-state index in [0.717, 1.165) is 5.92 Å². The van der Waals surface area contributed by atoms with Gasteiger partial charge in [-0.1, -0.05) is 42.0 Å².